The van der Waals surface area contributed by atoms with Crippen LogP contribution in [0.25, 0.3) is 0 Å². The van der Waals surface area contributed by atoms with E-state index in [4.69, 9.17) is 5.11 Å². The number of aromatic nitrogens is 2. The minimum Gasteiger partial charge on any atom is -0.394 e. The van der Waals surface area contributed by atoms with Gasteiger partial charge in [-0.2, -0.15) is 5.10 Å². The second-order valence-corrected chi connectivity index (χ2v) is 5.85. The molecule has 0 bridgehead atoms. The fourth-order valence-electron chi connectivity index (χ4n) is 2.82. The van der Waals surface area contributed by atoms with Crippen molar-refractivity contribution >= 4 is 0 Å². The van der Waals surface area contributed by atoms with Crippen LogP contribution in [0.2, 0.25) is 0 Å². The van der Waals surface area contributed by atoms with E-state index in [1.807, 2.05) is 11.6 Å². The molecule has 1 heterocycles. The summed E-state index contributed by atoms with van der Waals surface area (Å²) in [6, 6.07) is 9.07. The third kappa shape index (κ3) is 3.76. The predicted octanol–water partition coefficient (Wildman–Crippen LogP) is 3.04. The molecule has 2 aromatic rings. The molecule has 4 nitrogen and oxygen atoms in total. The lowest BCUT2D eigenvalue weighted by Gasteiger charge is -2.18. The van der Waals surface area contributed by atoms with Gasteiger partial charge in [0.1, 0.15) is 0 Å². The Morgan fingerprint density at radius 3 is 2.45 bits per heavy atom. The molecule has 1 aromatic heterocycles. The molecule has 2 rings (SSSR count). The molecule has 0 fully saturated rings. The maximum Gasteiger partial charge on any atom is 0.0644 e. The normalized spacial score (nSPS) is 12.6. The molecule has 0 aliphatic rings. The average molecular weight is 301 g/mol. The quantitative estimate of drug-likeness (QED) is 0.826. The summed E-state index contributed by atoms with van der Waals surface area (Å²) in [6.07, 6.45) is 1.05. The summed E-state index contributed by atoms with van der Waals surface area (Å²) in [4.78, 5) is 0. The van der Waals surface area contributed by atoms with Gasteiger partial charge >= 0.3 is 0 Å². The number of rotatable bonds is 7. The first kappa shape index (κ1) is 16.7. The molecule has 4 heteroatoms. The first-order valence-corrected chi connectivity index (χ1v) is 8.00. The van der Waals surface area contributed by atoms with Crippen LogP contribution in [0.15, 0.2) is 24.3 Å². The van der Waals surface area contributed by atoms with Crippen molar-refractivity contribution in [2.45, 2.75) is 53.2 Å². The van der Waals surface area contributed by atoms with Crippen molar-refractivity contribution in [1.29, 1.82) is 0 Å². The second kappa shape index (κ2) is 7.56. The van der Waals surface area contributed by atoms with Crippen molar-refractivity contribution in [3.63, 3.8) is 0 Å². The van der Waals surface area contributed by atoms with Crippen molar-refractivity contribution in [1.82, 2.24) is 15.1 Å². The predicted molar refractivity (Wildman–Crippen MR) is 89.8 cm³/mol. The summed E-state index contributed by atoms with van der Waals surface area (Å²) < 4.78 is 1.89. The molecule has 0 saturated carbocycles. The van der Waals surface area contributed by atoms with E-state index in [1.54, 1.807) is 0 Å². The number of hydrogen-bond acceptors (Lipinski definition) is 3. The summed E-state index contributed by atoms with van der Waals surface area (Å²) in [5.41, 5.74) is 6.02. The Balaban J connectivity index is 2.09. The SMILES string of the molecule is CCC(NCc1c(C)nn(CCO)c1C)c1ccc(C)cc1. The van der Waals surface area contributed by atoms with Gasteiger partial charge in [-0.3, -0.25) is 4.68 Å². The van der Waals surface area contributed by atoms with Crippen molar-refractivity contribution in [3.8, 4) is 0 Å². The van der Waals surface area contributed by atoms with Gasteiger partial charge in [-0.1, -0.05) is 36.8 Å². The highest BCUT2D eigenvalue weighted by atomic mass is 16.3. The average Bonchev–Trinajstić information content (AvgIpc) is 2.77. The van der Waals surface area contributed by atoms with Gasteiger partial charge in [0.25, 0.3) is 0 Å². The van der Waals surface area contributed by atoms with Gasteiger partial charge in [-0.05, 0) is 32.8 Å². The third-order valence-electron chi connectivity index (χ3n) is 4.26. The van der Waals surface area contributed by atoms with Gasteiger partial charge in [0.2, 0.25) is 0 Å². The van der Waals surface area contributed by atoms with Crippen LogP contribution < -0.4 is 5.32 Å². The van der Waals surface area contributed by atoms with Crippen molar-refractivity contribution in [3.05, 3.63) is 52.3 Å². The maximum absolute atomic E-state index is 9.10. The van der Waals surface area contributed by atoms with Crippen molar-refractivity contribution in [2.24, 2.45) is 0 Å². The minimum atomic E-state index is 0.121. The molecular formula is C18H27N3O. The lowest BCUT2D eigenvalue weighted by atomic mass is 10.0. The van der Waals surface area contributed by atoms with Crippen LogP contribution in [0.3, 0.4) is 0 Å². The number of benzene rings is 1. The number of nitrogens with zero attached hydrogens (tertiary/aromatic N) is 2. The summed E-state index contributed by atoms with van der Waals surface area (Å²) >= 11 is 0. The van der Waals surface area contributed by atoms with Gasteiger partial charge in [0.05, 0.1) is 18.8 Å². The minimum absolute atomic E-state index is 0.121. The van der Waals surface area contributed by atoms with Gasteiger partial charge < -0.3 is 10.4 Å². The summed E-state index contributed by atoms with van der Waals surface area (Å²) in [5.74, 6) is 0. The number of aliphatic hydroxyl groups excluding tert-OH is 1. The highest BCUT2D eigenvalue weighted by Gasteiger charge is 2.14. The highest BCUT2D eigenvalue weighted by molar-refractivity contribution is 5.26. The fourth-order valence-corrected chi connectivity index (χ4v) is 2.82. The van der Waals surface area contributed by atoms with E-state index in [0.29, 0.717) is 12.6 Å². The molecule has 0 aliphatic heterocycles. The molecule has 22 heavy (non-hydrogen) atoms. The fraction of sp³-hybridized carbons (Fsp3) is 0.500. The van der Waals surface area contributed by atoms with Gasteiger partial charge in [0.15, 0.2) is 0 Å². The molecule has 0 saturated heterocycles. The monoisotopic (exact) mass is 301 g/mol. The first-order chi connectivity index (χ1) is 10.6. The Labute approximate surface area is 133 Å². The Morgan fingerprint density at radius 2 is 1.86 bits per heavy atom. The van der Waals surface area contributed by atoms with E-state index in [0.717, 1.165) is 24.4 Å². The second-order valence-electron chi connectivity index (χ2n) is 5.85. The van der Waals surface area contributed by atoms with Gasteiger partial charge in [-0.15, -0.1) is 0 Å². The van der Waals surface area contributed by atoms with E-state index >= 15 is 0 Å². The Bertz CT molecular complexity index is 602. The third-order valence-corrected chi connectivity index (χ3v) is 4.26. The van der Waals surface area contributed by atoms with E-state index in [9.17, 15) is 0 Å². The summed E-state index contributed by atoms with van der Waals surface area (Å²) in [7, 11) is 0. The molecule has 0 radical (unpaired) electrons. The summed E-state index contributed by atoms with van der Waals surface area (Å²) in [6.45, 7) is 9.89. The number of aryl methyl sites for hydroxylation is 2. The van der Waals surface area contributed by atoms with Crippen molar-refractivity contribution in [2.75, 3.05) is 6.61 Å². The van der Waals surface area contributed by atoms with Crippen LogP contribution >= 0.6 is 0 Å². The maximum atomic E-state index is 9.10. The Kier molecular flexibility index (Phi) is 5.75. The van der Waals surface area contributed by atoms with Crippen LogP contribution in [-0.4, -0.2) is 21.5 Å². The number of nitrogens with one attached hydrogen (secondary N) is 1. The van der Waals surface area contributed by atoms with E-state index in [-0.39, 0.29) is 6.61 Å². The van der Waals surface area contributed by atoms with E-state index < -0.39 is 0 Å². The zero-order valence-electron chi connectivity index (χ0n) is 14.1. The molecular weight excluding hydrogens is 274 g/mol. The standard InChI is InChI=1S/C18H27N3O/c1-5-18(16-8-6-13(2)7-9-16)19-12-17-14(3)20-21(10-11-22)15(17)4/h6-9,18-19,22H,5,10-12H2,1-4H3. The molecule has 0 aliphatic carbocycles. The summed E-state index contributed by atoms with van der Waals surface area (Å²) in [5, 5.41) is 17.2. The Morgan fingerprint density at radius 1 is 1.18 bits per heavy atom. The van der Waals surface area contributed by atoms with Crippen molar-refractivity contribution < 1.29 is 5.11 Å². The Hall–Kier alpha value is -1.65. The first-order valence-electron chi connectivity index (χ1n) is 8.00. The lowest BCUT2D eigenvalue weighted by Crippen LogP contribution is -2.21. The van der Waals surface area contributed by atoms with E-state index in [2.05, 4.69) is 55.5 Å². The largest absolute Gasteiger partial charge is 0.394 e. The number of hydrogen-bond donors (Lipinski definition) is 2. The molecule has 120 valence electrons. The zero-order chi connectivity index (χ0) is 16.1. The topological polar surface area (TPSA) is 50.1 Å². The van der Waals surface area contributed by atoms with Crippen LogP contribution in [0, 0.1) is 20.8 Å². The molecule has 0 amide bonds. The lowest BCUT2D eigenvalue weighted by molar-refractivity contribution is 0.267. The molecule has 1 atom stereocenters. The molecule has 2 N–H and O–H groups in total. The molecule has 1 unspecified atom stereocenters. The van der Waals surface area contributed by atoms with E-state index in [1.165, 1.54) is 16.7 Å². The van der Waals surface area contributed by atoms with Gasteiger partial charge in [0, 0.05) is 23.8 Å². The smallest absolute Gasteiger partial charge is 0.0644 e. The number of aliphatic hydroxyl groups is 1. The molecule has 1 aromatic carbocycles. The molecule has 0 spiro atoms. The zero-order valence-corrected chi connectivity index (χ0v) is 14.1. The van der Waals surface area contributed by atoms with Crippen LogP contribution in [0.1, 0.15) is 47.5 Å². The van der Waals surface area contributed by atoms with Gasteiger partial charge in [-0.25, -0.2) is 0 Å². The van der Waals surface area contributed by atoms with Crippen LogP contribution in [-0.2, 0) is 13.1 Å². The van der Waals surface area contributed by atoms with Crippen LogP contribution in [0.4, 0.5) is 0 Å². The highest BCUT2D eigenvalue weighted by Crippen LogP contribution is 2.19. The van der Waals surface area contributed by atoms with Crippen LogP contribution in [0.5, 0.6) is 0 Å².